The van der Waals surface area contributed by atoms with E-state index in [0.29, 0.717) is 19.4 Å². The molecule has 0 aliphatic carbocycles. The summed E-state index contributed by atoms with van der Waals surface area (Å²) in [5, 5.41) is 0. The number of carbonyl (C=O) groups is 1. The molecule has 1 aliphatic rings. The number of halogens is 1. The van der Waals surface area contributed by atoms with Crippen molar-refractivity contribution in [1.29, 1.82) is 0 Å². The molecular weight excluding hydrogens is 317 g/mol. The van der Waals surface area contributed by atoms with Crippen LogP contribution in [0.5, 0.6) is 0 Å². The topological polar surface area (TPSA) is 29.5 Å². The van der Waals surface area contributed by atoms with Gasteiger partial charge in [-0.3, -0.25) is 0 Å². The van der Waals surface area contributed by atoms with E-state index in [-0.39, 0.29) is 18.0 Å². The van der Waals surface area contributed by atoms with Gasteiger partial charge in [0.05, 0.1) is 12.5 Å². The van der Waals surface area contributed by atoms with Gasteiger partial charge < -0.3 is 9.64 Å². The monoisotopic (exact) mass is 338 g/mol. The second-order valence-electron chi connectivity index (χ2n) is 6.34. The van der Waals surface area contributed by atoms with Crippen molar-refractivity contribution < 1.29 is 13.9 Å². The summed E-state index contributed by atoms with van der Waals surface area (Å²) in [7, 11) is 0. The first-order chi connectivity index (χ1) is 12.1. The fourth-order valence-corrected chi connectivity index (χ4v) is 3.34. The molecule has 0 spiro atoms. The lowest BCUT2D eigenvalue weighted by atomic mass is 9.85. The molecule has 1 heterocycles. The quantitative estimate of drug-likeness (QED) is 0.718. The molecule has 128 valence electrons. The number of carbonyl (C=O) groups excluding carboxylic acids is 1. The van der Waals surface area contributed by atoms with E-state index in [1.807, 2.05) is 37.3 Å². The van der Waals surface area contributed by atoms with Crippen molar-refractivity contribution in [2.24, 2.45) is 0 Å². The Hall–Kier alpha value is -2.71. The van der Waals surface area contributed by atoms with Gasteiger partial charge in [-0.15, -0.1) is 0 Å². The number of nitrogens with zero attached hydrogens (tertiary/aromatic N) is 1. The SMILES string of the molecule is [CH+]=CC[C@]1(c2ccc(F)cc2)CCN([C@@H](C)c2ccccc2)C(=O)O1. The van der Waals surface area contributed by atoms with E-state index >= 15 is 0 Å². The molecule has 2 aromatic carbocycles. The third kappa shape index (κ3) is 3.40. The summed E-state index contributed by atoms with van der Waals surface area (Å²) in [6, 6.07) is 15.8. The second-order valence-corrected chi connectivity index (χ2v) is 6.34. The van der Waals surface area contributed by atoms with Gasteiger partial charge in [-0.1, -0.05) is 42.5 Å². The molecule has 3 rings (SSSR count). The summed E-state index contributed by atoms with van der Waals surface area (Å²) in [6.45, 7) is 8.16. The molecule has 1 amide bonds. The molecule has 0 saturated carbocycles. The third-order valence-electron chi connectivity index (χ3n) is 4.84. The Kier molecular flexibility index (Phi) is 4.82. The lowest BCUT2D eigenvalue weighted by Crippen LogP contribution is -2.48. The Morgan fingerprint density at radius 1 is 1.24 bits per heavy atom. The minimum absolute atomic E-state index is 0.0817. The van der Waals surface area contributed by atoms with Gasteiger partial charge in [0, 0.05) is 13.0 Å². The molecule has 0 unspecified atom stereocenters. The zero-order valence-corrected chi connectivity index (χ0v) is 14.2. The number of ether oxygens (including phenoxy) is 1. The summed E-state index contributed by atoms with van der Waals surface area (Å²) in [6.07, 6.45) is 2.09. The van der Waals surface area contributed by atoms with Crippen LogP contribution in [-0.2, 0) is 10.3 Å². The highest BCUT2D eigenvalue weighted by Crippen LogP contribution is 2.39. The van der Waals surface area contributed by atoms with Gasteiger partial charge in [-0.25, -0.2) is 9.18 Å². The number of cyclic esters (lactones) is 1. The minimum Gasteiger partial charge on any atom is -0.437 e. The Balaban J connectivity index is 1.84. The number of rotatable bonds is 5. The van der Waals surface area contributed by atoms with Crippen LogP contribution in [0.3, 0.4) is 0 Å². The summed E-state index contributed by atoms with van der Waals surface area (Å²) in [5.74, 6) is -0.322. The summed E-state index contributed by atoms with van der Waals surface area (Å²) >= 11 is 0. The average molecular weight is 338 g/mol. The van der Waals surface area contributed by atoms with E-state index < -0.39 is 5.60 Å². The van der Waals surface area contributed by atoms with Crippen LogP contribution >= 0.6 is 0 Å². The number of amides is 1. The van der Waals surface area contributed by atoms with Crippen LogP contribution in [0.15, 0.2) is 60.7 Å². The fraction of sp³-hybridized carbons (Fsp3) is 0.286. The Bertz CT molecular complexity index is 744. The van der Waals surface area contributed by atoms with E-state index in [4.69, 9.17) is 11.3 Å². The molecule has 2 aromatic rings. The van der Waals surface area contributed by atoms with Crippen LogP contribution in [0.25, 0.3) is 0 Å². The smallest absolute Gasteiger partial charge is 0.411 e. The maximum atomic E-state index is 13.2. The summed E-state index contributed by atoms with van der Waals surface area (Å²) in [5.41, 5.74) is 0.974. The molecule has 0 aromatic heterocycles. The van der Waals surface area contributed by atoms with Crippen molar-refractivity contribution in [2.45, 2.75) is 31.4 Å². The number of hydrogen-bond acceptors (Lipinski definition) is 2. The lowest BCUT2D eigenvalue weighted by Gasteiger charge is -2.42. The molecular formula is C21H21FNO2+. The van der Waals surface area contributed by atoms with Crippen molar-refractivity contribution in [3.8, 4) is 0 Å². The summed E-state index contributed by atoms with van der Waals surface area (Å²) in [4.78, 5) is 14.4. The van der Waals surface area contributed by atoms with Crippen molar-refractivity contribution in [1.82, 2.24) is 4.90 Å². The molecule has 4 heteroatoms. The van der Waals surface area contributed by atoms with E-state index in [1.54, 1.807) is 17.0 Å². The molecule has 2 atom stereocenters. The highest BCUT2D eigenvalue weighted by Gasteiger charge is 2.43. The van der Waals surface area contributed by atoms with Gasteiger partial charge in [0.25, 0.3) is 0 Å². The molecule has 1 aliphatic heterocycles. The third-order valence-corrected chi connectivity index (χ3v) is 4.84. The minimum atomic E-state index is -0.841. The maximum Gasteiger partial charge on any atom is 0.411 e. The highest BCUT2D eigenvalue weighted by atomic mass is 19.1. The second kappa shape index (κ2) is 7.04. The first-order valence-electron chi connectivity index (χ1n) is 8.40. The van der Waals surface area contributed by atoms with Crippen LogP contribution < -0.4 is 0 Å². The van der Waals surface area contributed by atoms with Gasteiger partial charge in [0.2, 0.25) is 6.58 Å². The Morgan fingerprint density at radius 3 is 2.52 bits per heavy atom. The van der Waals surface area contributed by atoms with Crippen LogP contribution in [-0.4, -0.2) is 17.5 Å². The van der Waals surface area contributed by atoms with E-state index in [2.05, 4.69) is 0 Å². The highest BCUT2D eigenvalue weighted by molar-refractivity contribution is 5.70. The van der Waals surface area contributed by atoms with Gasteiger partial charge in [0.15, 0.2) is 6.08 Å². The molecule has 0 radical (unpaired) electrons. The first-order valence-corrected chi connectivity index (χ1v) is 8.40. The van der Waals surface area contributed by atoms with Crippen LogP contribution in [0, 0.1) is 12.4 Å². The predicted molar refractivity (Wildman–Crippen MR) is 94.2 cm³/mol. The van der Waals surface area contributed by atoms with E-state index in [0.717, 1.165) is 11.1 Å². The van der Waals surface area contributed by atoms with Crippen molar-refractivity contribution in [2.75, 3.05) is 6.54 Å². The van der Waals surface area contributed by atoms with Crippen molar-refractivity contribution >= 4 is 6.09 Å². The van der Waals surface area contributed by atoms with Crippen molar-refractivity contribution in [3.05, 3.63) is 84.2 Å². The molecule has 0 bridgehead atoms. The van der Waals surface area contributed by atoms with E-state index in [1.165, 1.54) is 18.2 Å². The molecule has 25 heavy (non-hydrogen) atoms. The first kappa shape index (κ1) is 17.1. The maximum absolute atomic E-state index is 13.2. The van der Waals surface area contributed by atoms with E-state index in [9.17, 15) is 9.18 Å². The molecule has 1 fully saturated rings. The van der Waals surface area contributed by atoms with Crippen molar-refractivity contribution in [3.63, 3.8) is 0 Å². The van der Waals surface area contributed by atoms with Gasteiger partial charge in [-0.2, -0.15) is 0 Å². The van der Waals surface area contributed by atoms with Gasteiger partial charge in [-0.05, 0) is 30.2 Å². The van der Waals surface area contributed by atoms with Crippen LogP contribution in [0.2, 0.25) is 0 Å². The zero-order chi connectivity index (χ0) is 17.9. The number of benzene rings is 2. The molecule has 3 nitrogen and oxygen atoms in total. The lowest BCUT2D eigenvalue weighted by molar-refractivity contribution is -0.0589. The van der Waals surface area contributed by atoms with Crippen LogP contribution in [0.4, 0.5) is 9.18 Å². The summed E-state index contributed by atoms with van der Waals surface area (Å²) < 4.78 is 19.1. The standard InChI is InChI=1S/C21H21FNO2/c1-3-13-21(18-9-11-19(22)12-10-18)14-15-23(20(24)25-21)16(2)17-7-5-4-6-8-17/h1,3-12,16H,13-15H2,2H3/q+1/t16-,21+/m0/s1. The number of hydrogen-bond donors (Lipinski definition) is 0. The Morgan fingerprint density at radius 2 is 1.92 bits per heavy atom. The van der Waals surface area contributed by atoms with Gasteiger partial charge in [0.1, 0.15) is 11.4 Å². The average Bonchev–Trinajstić information content (AvgIpc) is 2.63. The molecule has 0 N–H and O–H groups in total. The fourth-order valence-electron chi connectivity index (χ4n) is 3.34. The normalized spacial score (nSPS) is 21.5. The Labute approximate surface area is 147 Å². The van der Waals surface area contributed by atoms with Gasteiger partial charge >= 0.3 is 6.09 Å². The molecule has 1 saturated heterocycles. The zero-order valence-electron chi connectivity index (χ0n) is 14.2. The predicted octanol–water partition coefficient (Wildman–Crippen LogP) is 5.00. The van der Waals surface area contributed by atoms with Crippen LogP contribution in [0.1, 0.15) is 36.9 Å². The largest absolute Gasteiger partial charge is 0.437 e.